The van der Waals surface area contributed by atoms with Crippen LogP contribution in [0.15, 0.2) is 24.3 Å². The number of hydrogen-bond donors (Lipinski definition) is 1. The highest BCUT2D eigenvalue weighted by Gasteiger charge is 2.33. The van der Waals surface area contributed by atoms with Crippen LogP contribution in [0.4, 0.5) is 0 Å². The normalized spacial score (nSPS) is 32.5. The van der Waals surface area contributed by atoms with Crippen LogP contribution in [0.25, 0.3) is 0 Å². The van der Waals surface area contributed by atoms with Crippen molar-refractivity contribution in [3.63, 3.8) is 0 Å². The Morgan fingerprint density at radius 1 is 1.10 bits per heavy atom. The fourth-order valence-corrected chi connectivity index (χ4v) is 5.02. The minimum absolute atomic E-state index is 0.157. The van der Waals surface area contributed by atoms with Gasteiger partial charge in [-0.05, 0) is 49.3 Å². The third-order valence-corrected chi connectivity index (χ3v) is 6.49. The standard InChI is InChI=1S/C15H20ClNO2S/c16-13-5-3-11(4-6-13)12-8-15(9-12)17-14-2-1-7-20(18,19)10-14/h3-6,12,14-15,17H,1-2,7-10H2. The van der Waals surface area contributed by atoms with E-state index in [0.717, 1.165) is 30.7 Å². The Morgan fingerprint density at radius 2 is 1.80 bits per heavy atom. The lowest BCUT2D eigenvalue weighted by atomic mass is 9.75. The highest BCUT2D eigenvalue weighted by Crippen LogP contribution is 2.37. The van der Waals surface area contributed by atoms with Crippen LogP contribution < -0.4 is 5.32 Å². The molecule has 20 heavy (non-hydrogen) atoms. The van der Waals surface area contributed by atoms with Gasteiger partial charge in [0.25, 0.3) is 0 Å². The van der Waals surface area contributed by atoms with Gasteiger partial charge >= 0.3 is 0 Å². The first kappa shape index (κ1) is 14.4. The fourth-order valence-electron chi connectivity index (χ4n) is 3.25. The summed E-state index contributed by atoms with van der Waals surface area (Å²) in [5, 5.41) is 4.29. The number of nitrogens with one attached hydrogen (secondary N) is 1. The molecule has 3 rings (SSSR count). The molecular formula is C15H20ClNO2S. The Balaban J connectivity index is 1.50. The van der Waals surface area contributed by atoms with Crippen LogP contribution in [0.3, 0.4) is 0 Å². The van der Waals surface area contributed by atoms with Crippen molar-refractivity contribution < 1.29 is 8.42 Å². The van der Waals surface area contributed by atoms with Crippen molar-refractivity contribution in [1.29, 1.82) is 0 Å². The molecule has 1 aliphatic carbocycles. The first-order valence-corrected chi connectivity index (χ1v) is 9.44. The smallest absolute Gasteiger partial charge is 0.151 e. The van der Waals surface area contributed by atoms with Gasteiger partial charge in [0.05, 0.1) is 11.5 Å². The van der Waals surface area contributed by atoms with Crippen molar-refractivity contribution in [1.82, 2.24) is 5.32 Å². The van der Waals surface area contributed by atoms with Gasteiger partial charge in [0.1, 0.15) is 0 Å². The molecule has 1 N–H and O–H groups in total. The molecule has 1 aromatic rings. The highest BCUT2D eigenvalue weighted by atomic mass is 35.5. The molecule has 0 radical (unpaired) electrons. The molecule has 1 saturated carbocycles. The minimum Gasteiger partial charge on any atom is -0.310 e. The number of hydrogen-bond acceptors (Lipinski definition) is 3. The Labute approximate surface area is 125 Å². The SMILES string of the molecule is O=S1(=O)CCCC(NC2CC(c3ccc(Cl)cc3)C2)C1. The molecule has 2 fully saturated rings. The summed E-state index contributed by atoms with van der Waals surface area (Å²) in [7, 11) is -2.81. The molecule has 2 aliphatic rings. The van der Waals surface area contributed by atoms with Gasteiger partial charge in [0.15, 0.2) is 9.84 Å². The van der Waals surface area contributed by atoms with E-state index in [1.165, 1.54) is 5.56 Å². The number of sulfone groups is 1. The molecule has 1 unspecified atom stereocenters. The van der Waals surface area contributed by atoms with Crippen molar-refractivity contribution in [3.8, 4) is 0 Å². The molecule has 1 aliphatic heterocycles. The first-order chi connectivity index (χ1) is 9.52. The average molecular weight is 314 g/mol. The summed E-state index contributed by atoms with van der Waals surface area (Å²) in [5.74, 6) is 1.27. The predicted octanol–water partition coefficient (Wildman–Crippen LogP) is 2.75. The highest BCUT2D eigenvalue weighted by molar-refractivity contribution is 7.91. The molecule has 0 amide bonds. The van der Waals surface area contributed by atoms with Crippen LogP contribution in [-0.2, 0) is 9.84 Å². The predicted molar refractivity (Wildman–Crippen MR) is 82.0 cm³/mol. The topological polar surface area (TPSA) is 46.2 Å². The maximum Gasteiger partial charge on any atom is 0.151 e. The van der Waals surface area contributed by atoms with Crippen molar-refractivity contribution in [2.75, 3.05) is 11.5 Å². The van der Waals surface area contributed by atoms with Gasteiger partial charge in [-0.25, -0.2) is 8.42 Å². The van der Waals surface area contributed by atoms with Crippen molar-refractivity contribution >= 4 is 21.4 Å². The van der Waals surface area contributed by atoms with Crippen LogP contribution in [0.2, 0.25) is 5.02 Å². The Hall–Kier alpha value is -0.580. The lowest BCUT2D eigenvalue weighted by Gasteiger charge is -2.39. The molecule has 110 valence electrons. The van der Waals surface area contributed by atoms with E-state index in [1.807, 2.05) is 12.1 Å². The maximum absolute atomic E-state index is 11.6. The molecule has 1 atom stereocenters. The third-order valence-electron chi connectivity index (χ3n) is 4.41. The van der Waals surface area contributed by atoms with Gasteiger partial charge in [0.2, 0.25) is 0 Å². The third kappa shape index (κ3) is 3.35. The van der Waals surface area contributed by atoms with E-state index in [0.29, 0.717) is 23.5 Å². The Morgan fingerprint density at radius 3 is 2.45 bits per heavy atom. The van der Waals surface area contributed by atoms with Crippen LogP contribution in [-0.4, -0.2) is 32.0 Å². The van der Waals surface area contributed by atoms with Gasteiger partial charge in [-0.15, -0.1) is 0 Å². The second-order valence-electron chi connectivity index (χ2n) is 6.04. The zero-order valence-corrected chi connectivity index (χ0v) is 13.0. The molecule has 0 aromatic heterocycles. The first-order valence-electron chi connectivity index (χ1n) is 7.24. The summed E-state index contributed by atoms with van der Waals surface area (Å²) in [6, 6.07) is 8.68. The van der Waals surface area contributed by atoms with E-state index in [4.69, 9.17) is 11.6 Å². The van der Waals surface area contributed by atoms with Gasteiger partial charge in [0, 0.05) is 17.1 Å². The summed E-state index contributed by atoms with van der Waals surface area (Å²) in [5.41, 5.74) is 1.34. The van der Waals surface area contributed by atoms with E-state index < -0.39 is 9.84 Å². The van der Waals surface area contributed by atoms with E-state index in [-0.39, 0.29) is 6.04 Å². The maximum atomic E-state index is 11.6. The largest absolute Gasteiger partial charge is 0.310 e. The minimum atomic E-state index is -2.81. The molecule has 3 nitrogen and oxygen atoms in total. The molecule has 0 spiro atoms. The average Bonchev–Trinajstić information content (AvgIpc) is 2.34. The van der Waals surface area contributed by atoms with Crippen molar-refractivity contribution in [2.45, 2.75) is 43.7 Å². The van der Waals surface area contributed by atoms with Gasteiger partial charge in [-0.2, -0.15) is 0 Å². The fraction of sp³-hybridized carbons (Fsp3) is 0.600. The van der Waals surface area contributed by atoms with Crippen LogP contribution in [0.5, 0.6) is 0 Å². The van der Waals surface area contributed by atoms with Gasteiger partial charge in [-0.1, -0.05) is 23.7 Å². The number of benzene rings is 1. The van der Waals surface area contributed by atoms with Crippen LogP contribution in [0, 0.1) is 0 Å². The Kier molecular flexibility index (Phi) is 4.07. The second kappa shape index (κ2) is 5.66. The van der Waals surface area contributed by atoms with Crippen molar-refractivity contribution in [3.05, 3.63) is 34.9 Å². The lowest BCUT2D eigenvalue weighted by Crippen LogP contribution is -2.49. The van der Waals surface area contributed by atoms with E-state index in [2.05, 4.69) is 17.4 Å². The Bertz CT molecular complexity index is 564. The zero-order chi connectivity index (χ0) is 14.2. The number of halogens is 1. The summed E-state index contributed by atoms with van der Waals surface area (Å²) >= 11 is 5.89. The molecule has 1 aromatic carbocycles. The quantitative estimate of drug-likeness (QED) is 0.933. The van der Waals surface area contributed by atoms with E-state index in [1.54, 1.807) is 0 Å². The summed E-state index contributed by atoms with van der Waals surface area (Å²) in [6.45, 7) is 0. The van der Waals surface area contributed by atoms with E-state index >= 15 is 0 Å². The molecule has 1 heterocycles. The van der Waals surface area contributed by atoms with Crippen LogP contribution >= 0.6 is 11.6 Å². The number of rotatable bonds is 3. The second-order valence-corrected chi connectivity index (χ2v) is 8.70. The summed E-state index contributed by atoms with van der Waals surface area (Å²) < 4.78 is 23.2. The molecule has 0 bridgehead atoms. The van der Waals surface area contributed by atoms with Gasteiger partial charge in [-0.3, -0.25) is 0 Å². The summed E-state index contributed by atoms with van der Waals surface area (Å²) in [6.07, 6.45) is 3.98. The lowest BCUT2D eigenvalue weighted by molar-refractivity contribution is 0.263. The van der Waals surface area contributed by atoms with Gasteiger partial charge < -0.3 is 5.32 Å². The molecule has 1 saturated heterocycles. The van der Waals surface area contributed by atoms with Crippen molar-refractivity contribution in [2.24, 2.45) is 0 Å². The zero-order valence-electron chi connectivity index (χ0n) is 11.4. The monoisotopic (exact) mass is 313 g/mol. The summed E-state index contributed by atoms with van der Waals surface area (Å²) in [4.78, 5) is 0. The molecular weight excluding hydrogens is 294 g/mol. The van der Waals surface area contributed by atoms with E-state index in [9.17, 15) is 8.42 Å². The molecule has 5 heteroatoms. The van der Waals surface area contributed by atoms with Crippen LogP contribution in [0.1, 0.15) is 37.2 Å².